The van der Waals surface area contributed by atoms with Crippen molar-refractivity contribution >= 4 is 30.1 Å². The molecule has 1 unspecified atom stereocenters. The first-order valence-electron chi connectivity index (χ1n) is 8.18. The minimum atomic E-state index is -0.306. The maximum absolute atomic E-state index is 12.0. The van der Waals surface area contributed by atoms with Crippen molar-refractivity contribution in [3.05, 3.63) is 29.8 Å². The van der Waals surface area contributed by atoms with Gasteiger partial charge < -0.3 is 15.0 Å². The summed E-state index contributed by atoms with van der Waals surface area (Å²) in [6.45, 7) is 3.05. The minimum absolute atomic E-state index is 0. The lowest BCUT2D eigenvalue weighted by Gasteiger charge is -2.27. The zero-order chi connectivity index (χ0) is 16.9. The number of carbonyl (C=O) groups is 3. The van der Waals surface area contributed by atoms with E-state index in [9.17, 15) is 14.4 Å². The second-order valence-corrected chi connectivity index (χ2v) is 5.99. The summed E-state index contributed by atoms with van der Waals surface area (Å²) < 4.78 is 5.54. The molecular weight excluding hydrogens is 346 g/mol. The van der Waals surface area contributed by atoms with Gasteiger partial charge in [-0.05, 0) is 24.1 Å². The normalized spacial score (nSPS) is 20.5. The fraction of sp³-hybridized carbons (Fsp3) is 0.471. The largest absolute Gasteiger partial charge is 0.484 e. The van der Waals surface area contributed by atoms with Crippen LogP contribution in [0.15, 0.2) is 24.3 Å². The first kappa shape index (κ1) is 19.2. The number of rotatable bonds is 4. The van der Waals surface area contributed by atoms with E-state index < -0.39 is 0 Å². The van der Waals surface area contributed by atoms with Crippen molar-refractivity contribution in [1.82, 2.24) is 15.5 Å². The van der Waals surface area contributed by atoms with Gasteiger partial charge in [0.25, 0.3) is 5.91 Å². The zero-order valence-corrected chi connectivity index (χ0v) is 14.6. The minimum Gasteiger partial charge on any atom is -0.484 e. The molecular formula is C17H22ClN3O4. The van der Waals surface area contributed by atoms with Gasteiger partial charge >= 0.3 is 0 Å². The number of benzene rings is 1. The van der Waals surface area contributed by atoms with Gasteiger partial charge in [-0.1, -0.05) is 12.1 Å². The summed E-state index contributed by atoms with van der Waals surface area (Å²) in [4.78, 5) is 36.9. The highest BCUT2D eigenvalue weighted by atomic mass is 35.5. The number of ether oxygens (including phenoxy) is 1. The maximum Gasteiger partial charge on any atom is 0.260 e. The molecule has 1 atom stereocenters. The average Bonchev–Trinajstić information content (AvgIpc) is 2.61. The number of amides is 3. The van der Waals surface area contributed by atoms with Crippen LogP contribution in [-0.4, -0.2) is 55.4 Å². The van der Waals surface area contributed by atoms with Gasteiger partial charge in [0, 0.05) is 32.6 Å². The third-order valence-corrected chi connectivity index (χ3v) is 4.35. The smallest absolute Gasteiger partial charge is 0.260 e. The van der Waals surface area contributed by atoms with Gasteiger partial charge in [-0.25, -0.2) is 0 Å². The molecule has 3 rings (SSSR count). The zero-order valence-electron chi connectivity index (χ0n) is 13.8. The van der Waals surface area contributed by atoms with Gasteiger partial charge in [-0.2, -0.15) is 0 Å². The van der Waals surface area contributed by atoms with Crippen molar-refractivity contribution in [2.24, 2.45) is 0 Å². The first-order chi connectivity index (χ1) is 11.6. The Bertz CT molecular complexity index is 629. The molecule has 0 spiro atoms. The number of halogens is 1. The summed E-state index contributed by atoms with van der Waals surface area (Å²) in [5.74, 6) is -0.212. The Morgan fingerprint density at radius 1 is 1.16 bits per heavy atom. The first-order valence-corrected chi connectivity index (χ1v) is 8.18. The van der Waals surface area contributed by atoms with E-state index in [-0.39, 0.29) is 42.7 Å². The molecule has 0 aliphatic carbocycles. The molecule has 1 aromatic carbocycles. The molecule has 25 heavy (non-hydrogen) atoms. The van der Waals surface area contributed by atoms with Crippen LogP contribution < -0.4 is 15.4 Å². The Kier molecular flexibility index (Phi) is 6.78. The highest BCUT2D eigenvalue weighted by Gasteiger charge is 2.27. The second kappa shape index (κ2) is 8.82. The molecule has 2 N–H and O–H groups in total. The Morgan fingerprint density at radius 2 is 1.84 bits per heavy atom. The Hall–Kier alpha value is -2.12. The molecule has 1 aromatic rings. The van der Waals surface area contributed by atoms with Gasteiger partial charge in [0.05, 0.1) is 5.92 Å². The van der Waals surface area contributed by atoms with Crippen molar-refractivity contribution in [3.8, 4) is 5.75 Å². The Morgan fingerprint density at radius 3 is 2.48 bits per heavy atom. The fourth-order valence-corrected chi connectivity index (χ4v) is 2.96. The quantitative estimate of drug-likeness (QED) is 0.754. The predicted octanol–water partition coefficient (Wildman–Crippen LogP) is 0.439. The molecule has 0 saturated carbocycles. The monoisotopic (exact) mass is 367 g/mol. The van der Waals surface area contributed by atoms with Crippen molar-refractivity contribution in [1.29, 1.82) is 0 Å². The van der Waals surface area contributed by atoms with Gasteiger partial charge in [0.2, 0.25) is 11.8 Å². The molecule has 8 heteroatoms. The Balaban J connectivity index is 0.00000225. The van der Waals surface area contributed by atoms with Crippen LogP contribution >= 0.6 is 12.4 Å². The summed E-state index contributed by atoms with van der Waals surface area (Å²) in [7, 11) is 0. The molecule has 2 saturated heterocycles. The van der Waals surface area contributed by atoms with Gasteiger partial charge in [0.1, 0.15) is 5.75 Å². The van der Waals surface area contributed by atoms with E-state index in [0.717, 1.165) is 18.7 Å². The SMILES string of the molecule is Cl.O=C1CCC(c2ccc(OCC(=O)N3CCNCC3)cc2)C(=O)N1. The molecule has 2 heterocycles. The highest BCUT2D eigenvalue weighted by Crippen LogP contribution is 2.26. The summed E-state index contributed by atoms with van der Waals surface area (Å²) >= 11 is 0. The molecule has 2 aliphatic heterocycles. The lowest BCUT2D eigenvalue weighted by atomic mass is 9.90. The number of piperidine rings is 1. The van der Waals surface area contributed by atoms with Crippen LogP contribution in [-0.2, 0) is 14.4 Å². The Labute approximate surface area is 152 Å². The molecule has 3 amide bonds. The van der Waals surface area contributed by atoms with Crippen molar-refractivity contribution in [2.45, 2.75) is 18.8 Å². The van der Waals surface area contributed by atoms with Crippen LogP contribution in [0.1, 0.15) is 24.3 Å². The van der Waals surface area contributed by atoms with Crippen molar-refractivity contribution < 1.29 is 19.1 Å². The van der Waals surface area contributed by atoms with Crippen LogP contribution in [0.2, 0.25) is 0 Å². The number of hydrogen-bond donors (Lipinski definition) is 2. The number of piperazine rings is 1. The van der Waals surface area contributed by atoms with Crippen LogP contribution in [0.25, 0.3) is 0 Å². The second-order valence-electron chi connectivity index (χ2n) is 5.99. The molecule has 136 valence electrons. The topological polar surface area (TPSA) is 87.7 Å². The standard InChI is InChI=1S/C17H21N3O4.ClH/c21-15-6-5-14(17(23)19-15)12-1-3-13(4-2-12)24-11-16(22)20-9-7-18-8-10-20;/h1-4,14,18H,5-11H2,(H,19,21,23);1H. The van der Waals surface area contributed by atoms with E-state index in [1.54, 1.807) is 17.0 Å². The summed E-state index contributed by atoms with van der Waals surface area (Å²) in [5.41, 5.74) is 0.848. The molecule has 2 aliphatic rings. The van der Waals surface area contributed by atoms with Crippen molar-refractivity contribution in [3.63, 3.8) is 0 Å². The maximum atomic E-state index is 12.0. The number of nitrogens with one attached hydrogen (secondary N) is 2. The van der Waals surface area contributed by atoms with Gasteiger partial charge in [0.15, 0.2) is 6.61 Å². The van der Waals surface area contributed by atoms with E-state index in [2.05, 4.69) is 10.6 Å². The van der Waals surface area contributed by atoms with E-state index in [1.807, 2.05) is 12.1 Å². The number of hydrogen-bond acceptors (Lipinski definition) is 5. The van der Waals surface area contributed by atoms with E-state index in [4.69, 9.17) is 4.74 Å². The van der Waals surface area contributed by atoms with E-state index in [1.165, 1.54) is 0 Å². The molecule has 2 fully saturated rings. The summed E-state index contributed by atoms with van der Waals surface area (Å²) in [6.07, 6.45) is 0.875. The third-order valence-electron chi connectivity index (χ3n) is 4.35. The number of carbonyl (C=O) groups excluding carboxylic acids is 3. The van der Waals surface area contributed by atoms with Crippen LogP contribution in [0.4, 0.5) is 0 Å². The fourth-order valence-electron chi connectivity index (χ4n) is 2.96. The molecule has 7 nitrogen and oxygen atoms in total. The highest BCUT2D eigenvalue weighted by molar-refractivity contribution is 6.00. The summed E-state index contributed by atoms with van der Waals surface area (Å²) in [6, 6.07) is 7.13. The van der Waals surface area contributed by atoms with Crippen LogP contribution in [0, 0.1) is 0 Å². The lowest BCUT2D eigenvalue weighted by molar-refractivity contribution is -0.135. The van der Waals surface area contributed by atoms with E-state index in [0.29, 0.717) is 31.7 Å². The molecule has 0 bridgehead atoms. The van der Waals surface area contributed by atoms with Gasteiger partial charge in [-0.3, -0.25) is 19.7 Å². The predicted molar refractivity (Wildman–Crippen MR) is 93.8 cm³/mol. The molecule has 0 aromatic heterocycles. The number of nitrogens with zero attached hydrogens (tertiary/aromatic N) is 1. The molecule has 0 radical (unpaired) electrons. The average molecular weight is 368 g/mol. The summed E-state index contributed by atoms with van der Waals surface area (Å²) in [5, 5.41) is 5.55. The number of imide groups is 1. The third kappa shape index (κ3) is 4.93. The lowest BCUT2D eigenvalue weighted by Crippen LogP contribution is -2.47. The van der Waals surface area contributed by atoms with E-state index >= 15 is 0 Å². The van der Waals surface area contributed by atoms with Crippen LogP contribution in [0.3, 0.4) is 0 Å². The van der Waals surface area contributed by atoms with Gasteiger partial charge in [-0.15, -0.1) is 12.4 Å². The van der Waals surface area contributed by atoms with Crippen LogP contribution in [0.5, 0.6) is 5.75 Å². The van der Waals surface area contributed by atoms with Crippen molar-refractivity contribution in [2.75, 3.05) is 32.8 Å².